The molecular formula is C13H15N3O2S. The molecule has 1 heterocycles. The van der Waals surface area contributed by atoms with Crippen molar-refractivity contribution >= 4 is 10.0 Å². The normalized spacial score (nSPS) is 11.4. The van der Waals surface area contributed by atoms with E-state index in [-0.39, 0.29) is 11.4 Å². The largest absolute Gasteiger partial charge is 0.326 e. The maximum absolute atomic E-state index is 12.0. The number of hydrogen-bond donors (Lipinski definition) is 2. The molecule has 0 aliphatic rings. The summed E-state index contributed by atoms with van der Waals surface area (Å²) in [4.78, 5) is 4.16. The standard InChI is InChI=1S/C13H15N3O2S/c14-8-11-3-5-13(6-4-11)19(17,18)16-10-12-2-1-7-15-9-12/h1-7,9,16H,8,10,14H2. The van der Waals surface area contributed by atoms with E-state index >= 15 is 0 Å². The first kappa shape index (κ1) is 13.7. The second-order valence-electron chi connectivity index (χ2n) is 4.03. The molecule has 0 atom stereocenters. The van der Waals surface area contributed by atoms with Crippen LogP contribution < -0.4 is 10.5 Å². The first-order chi connectivity index (χ1) is 9.12. The van der Waals surface area contributed by atoms with Gasteiger partial charge in [-0.15, -0.1) is 0 Å². The highest BCUT2D eigenvalue weighted by molar-refractivity contribution is 7.89. The molecule has 5 nitrogen and oxygen atoms in total. The molecule has 0 aliphatic carbocycles. The first-order valence-electron chi connectivity index (χ1n) is 5.79. The summed E-state index contributed by atoms with van der Waals surface area (Å²) < 4.78 is 26.6. The lowest BCUT2D eigenvalue weighted by atomic mass is 10.2. The van der Waals surface area contributed by atoms with Crippen molar-refractivity contribution in [3.05, 3.63) is 59.9 Å². The topological polar surface area (TPSA) is 85.1 Å². The molecule has 6 heteroatoms. The zero-order chi connectivity index (χ0) is 13.7. The highest BCUT2D eigenvalue weighted by Gasteiger charge is 2.13. The van der Waals surface area contributed by atoms with Crippen LogP contribution in [0.15, 0.2) is 53.7 Å². The van der Waals surface area contributed by atoms with Crippen LogP contribution in [-0.4, -0.2) is 13.4 Å². The van der Waals surface area contributed by atoms with Gasteiger partial charge in [-0.2, -0.15) is 0 Å². The third-order valence-corrected chi connectivity index (χ3v) is 4.08. The molecule has 2 rings (SSSR count). The Balaban J connectivity index is 2.09. The molecule has 19 heavy (non-hydrogen) atoms. The predicted molar refractivity (Wildman–Crippen MR) is 72.6 cm³/mol. The molecule has 2 aromatic rings. The van der Waals surface area contributed by atoms with Crippen LogP contribution in [-0.2, 0) is 23.1 Å². The Hall–Kier alpha value is -1.76. The minimum atomic E-state index is -3.50. The maximum atomic E-state index is 12.0. The molecule has 0 fully saturated rings. The van der Waals surface area contributed by atoms with Crippen molar-refractivity contribution < 1.29 is 8.42 Å². The molecule has 1 aromatic carbocycles. The van der Waals surface area contributed by atoms with Crippen LogP contribution in [0.2, 0.25) is 0 Å². The molecule has 100 valence electrons. The van der Waals surface area contributed by atoms with Gasteiger partial charge < -0.3 is 5.73 Å². The predicted octanol–water partition coefficient (Wildman–Crippen LogP) is 1.02. The monoisotopic (exact) mass is 277 g/mol. The molecular weight excluding hydrogens is 262 g/mol. The van der Waals surface area contributed by atoms with Gasteiger partial charge in [0.15, 0.2) is 0 Å². The SMILES string of the molecule is NCc1ccc(S(=O)(=O)NCc2cccnc2)cc1. The van der Waals surface area contributed by atoms with Crippen LogP contribution in [0.3, 0.4) is 0 Å². The number of nitrogens with zero attached hydrogens (tertiary/aromatic N) is 1. The van der Waals surface area contributed by atoms with Crippen LogP contribution in [0, 0.1) is 0 Å². The van der Waals surface area contributed by atoms with Crippen LogP contribution in [0.5, 0.6) is 0 Å². The summed E-state index contributed by atoms with van der Waals surface area (Å²) >= 11 is 0. The van der Waals surface area contributed by atoms with Gasteiger partial charge in [0.2, 0.25) is 10.0 Å². The van der Waals surface area contributed by atoms with Crippen LogP contribution in [0.4, 0.5) is 0 Å². The average molecular weight is 277 g/mol. The summed E-state index contributed by atoms with van der Waals surface area (Å²) in [5.74, 6) is 0. The summed E-state index contributed by atoms with van der Waals surface area (Å²) in [6.07, 6.45) is 3.27. The van der Waals surface area contributed by atoms with E-state index in [0.717, 1.165) is 11.1 Å². The number of hydrogen-bond acceptors (Lipinski definition) is 4. The van der Waals surface area contributed by atoms with Gasteiger partial charge in [0.1, 0.15) is 0 Å². The summed E-state index contributed by atoms with van der Waals surface area (Å²) in [6, 6.07) is 10.1. The summed E-state index contributed by atoms with van der Waals surface area (Å²) in [7, 11) is -3.50. The van der Waals surface area contributed by atoms with Crippen LogP contribution in [0.1, 0.15) is 11.1 Å². The minimum Gasteiger partial charge on any atom is -0.326 e. The maximum Gasteiger partial charge on any atom is 0.240 e. The molecule has 0 saturated heterocycles. The Bertz CT molecular complexity index is 625. The third-order valence-electron chi connectivity index (χ3n) is 2.66. The molecule has 1 aromatic heterocycles. The Morgan fingerprint density at radius 3 is 2.42 bits per heavy atom. The minimum absolute atomic E-state index is 0.217. The zero-order valence-electron chi connectivity index (χ0n) is 10.3. The number of sulfonamides is 1. The summed E-state index contributed by atoms with van der Waals surface area (Å²) in [5, 5.41) is 0. The highest BCUT2D eigenvalue weighted by Crippen LogP contribution is 2.10. The van der Waals surface area contributed by atoms with E-state index < -0.39 is 10.0 Å². The summed E-state index contributed by atoms with van der Waals surface area (Å²) in [6.45, 7) is 0.609. The fourth-order valence-electron chi connectivity index (χ4n) is 1.57. The molecule has 0 aliphatic heterocycles. The molecule has 0 amide bonds. The smallest absolute Gasteiger partial charge is 0.240 e. The molecule has 0 bridgehead atoms. The fourth-order valence-corrected chi connectivity index (χ4v) is 2.59. The highest BCUT2D eigenvalue weighted by atomic mass is 32.2. The van der Waals surface area contributed by atoms with Crippen LogP contribution in [0.25, 0.3) is 0 Å². The van der Waals surface area contributed by atoms with Crippen molar-refractivity contribution in [2.45, 2.75) is 18.0 Å². The van der Waals surface area contributed by atoms with Gasteiger partial charge in [-0.05, 0) is 29.3 Å². The van der Waals surface area contributed by atoms with E-state index in [0.29, 0.717) is 6.54 Å². The van der Waals surface area contributed by atoms with Gasteiger partial charge in [-0.25, -0.2) is 13.1 Å². The van der Waals surface area contributed by atoms with Crippen molar-refractivity contribution in [2.75, 3.05) is 0 Å². The second-order valence-corrected chi connectivity index (χ2v) is 5.80. The van der Waals surface area contributed by atoms with E-state index in [4.69, 9.17) is 5.73 Å². The van der Waals surface area contributed by atoms with Gasteiger partial charge in [0.05, 0.1) is 4.90 Å². The van der Waals surface area contributed by atoms with Crippen molar-refractivity contribution in [2.24, 2.45) is 5.73 Å². The first-order valence-corrected chi connectivity index (χ1v) is 7.28. The van der Waals surface area contributed by atoms with Gasteiger partial charge >= 0.3 is 0 Å². The third kappa shape index (κ3) is 3.60. The van der Waals surface area contributed by atoms with Crippen LogP contribution >= 0.6 is 0 Å². The van der Waals surface area contributed by atoms with E-state index in [9.17, 15) is 8.42 Å². The van der Waals surface area contributed by atoms with Crippen molar-refractivity contribution in [3.8, 4) is 0 Å². The van der Waals surface area contributed by atoms with Crippen molar-refractivity contribution in [3.63, 3.8) is 0 Å². The number of nitrogens with two attached hydrogens (primary N) is 1. The molecule has 0 unspecified atom stereocenters. The van der Waals surface area contributed by atoms with Crippen molar-refractivity contribution in [1.29, 1.82) is 0 Å². The number of aromatic nitrogens is 1. The molecule has 0 radical (unpaired) electrons. The van der Waals surface area contributed by atoms with E-state index in [2.05, 4.69) is 9.71 Å². The number of rotatable bonds is 5. The lowest BCUT2D eigenvalue weighted by Crippen LogP contribution is -2.23. The quantitative estimate of drug-likeness (QED) is 0.854. The zero-order valence-corrected chi connectivity index (χ0v) is 11.1. The molecule has 0 saturated carbocycles. The fraction of sp³-hybridized carbons (Fsp3) is 0.154. The number of pyridine rings is 1. The van der Waals surface area contributed by atoms with E-state index in [1.54, 1.807) is 42.7 Å². The molecule has 3 N–H and O–H groups in total. The Morgan fingerprint density at radius 2 is 1.84 bits per heavy atom. The van der Waals surface area contributed by atoms with Gasteiger partial charge in [-0.3, -0.25) is 4.98 Å². The Kier molecular flexibility index (Phi) is 4.26. The molecule has 0 spiro atoms. The van der Waals surface area contributed by atoms with Crippen molar-refractivity contribution in [1.82, 2.24) is 9.71 Å². The van der Waals surface area contributed by atoms with Gasteiger partial charge in [-0.1, -0.05) is 18.2 Å². The average Bonchev–Trinajstić information content (AvgIpc) is 2.46. The Labute approximate surface area is 112 Å². The number of benzene rings is 1. The summed E-state index contributed by atoms with van der Waals surface area (Å²) in [5.41, 5.74) is 7.18. The second kappa shape index (κ2) is 5.92. The lowest BCUT2D eigenvalue weighted by molar-refractivity contribution is 0.581. The van der Waals surface area contributed by atoms with Gasteiger partial charge in [0.25, 0.3) is 0 Å². The van der Waals surface area contributed by atoms with E-state index in [1.807, 2.05) is 6.07 Å². The number of nitrogens with one attached hydrogen (secondary N) is 1. The Morgan fingerprint density at radius 1 is 1.11 bits per heavy atom. The van der Waals surface area contributed by atoms with Gasteiger partial charge in [0, 0.05) is 25.5 Å². The van der Waals surface area contributed by atoms with E-state index in [1.165, 1.54) is 0 Å². The lowest BCUT2D eigenvalue weighted by Gasteiger charge is -2.07.